The van der Waals surface area contributed by atoms with Crippen molar-refractivity contribution < 1.29 is 0 Å². The minimum absolute atomic E-state index is 1.39. The van der Waals surface area contributed by atoms with Crippen molar-refractivity contribution in [3.05, 3.63) is 103 Å². The van der Waals surface area contributed by atoms with Crippen LogP contribution in [-0.2, 0) is 0 Å². The molecule has 0 saturated heterocycles. The largest absolute Gasteiger partial charge is 0.145 e. The molecule has 0 N–H and O–H groups in total. The van der Waals surface area contributed by atoms with E-state index in [0.29, 0.717) is 0 Å². The lowest BCUT2D eigenvalue weighted by Crippen LogP contribution is -2.69. The predicted molar refractivity (Wildman–Crippen MR) is 150 cm³/mol. The fourth-order valence-corrected chi connectivity index (χ4v) is 19.6. The molecule has 3 heteroatoms. The summed E-state index contributed by atoms with van der Waals surface area (Å²) in [6.45, 7) is 12.9. The van der Waals surface area contributed by atoms with Crippen LogP contribution in [0.25, 0.3) is 11.1 Å². The fraction of sp³-hybridized carbons (Fsp3) is 0.172. The van der Waals surface area contributed by atoms with E-state index in [2.05, 4.69) is 136 Å². The summed E-state index contributed by atoms with van der Waals surface area (Å²) in [6, 6.07) is 39.3. The van der Waals surface area contributed by atoms with Crippen LogP contribution in [0.3, 0.4) is 0 Å². The molecule has 1 heterocycles. The Morgan fingerprint density at radius 3 is 1.56 bits per heavy atom. The van der Waals surface area contributed by atoms with Crippen LogP contribution in [0.4, 0.5) is 0 Å². The normalized spacial score (nSPS) is 17.7. The van der Waals surface area contributed by atoms with Gasteiger partial charge in [0, 0.05) is 7.59 Å². The molecule has 1 unspecified atom stereocenters. The Morgan fingerprint density at radius 1 is 0.500 bits per heavy atom. The number of rotatable bonds is 4. The monoisotopic (exact) mass is 464 g/mol. The molecule has 0 radical (unpaired) electrons. The van der Waals surface area contributed by atoms with Gasteiger partial charge in [0.05, 0.1) is 0 Å². The van der Waals surface area contributed by atoms with Crippen molar-refractivity contribution >= 4 is 49.2 Å². The van der Waals surface area contributed by atoms with Gasteiger partial charge in [-0.25, -0.2) is 0 Å². The van der Waals surface area contributed by atoms with Crippen LogP contribution in [0.15, 0.2) is 103 Å². The second-order valence-electron chi connectivity index (χ2n) is 10.5. The van der Waals surface area contributed by atoms with Gasteiger partial charge in [0.25, 0.3) is 0 Å². The third kappa shape index (κ3) is 2.99. The van der Waals surface area contributed by atoms with Gasteiger partial charge in [0.2, 0.25) is 0 Å². The van der Waals surface area contributed by atoms with Crippen molar-refractivity contribution in [1.82, 2.24) is 0 Å². The topological polar surface area (TPSA) is 0 Å². The number of benzene rings is 4. The van der Waals surface area contributed by atoms with Gasteiger partial charge in [-0.05, 0) is 37.1 Å². The van der Waals surface area contributed by atoms with E-state index in [1.807, 2.05) is 0 Å². The Balaban J connectivity index is 1.79. The molecule has 1 atom stereocenters. The maximum atomic E-state index is 2.63. The van der Waals surface area contributed by atoms with Crippen LogP contribution >= 0.6 is 0 Å². The molecular weight excluding hydrogens is 433 g/mol. The summed E-state index contributed by atoms with van der Waals surface area (Å²) in [5, 5.41) is 7.79. The molecule has 1 aliphatic heterocycles. The third-order valence-corrected chi connectivity index (χ3v) is 29.2. The molecule has 160 valence electrons. The van der Waals surface area contributed by atoms with Crippen LogP contribution in [0.2, 0.25) is 32.7 Å². The highest BCUT2D eigenvalue weighted by Gasteiger charge is 2.50. The Bertz CT molecular complexity index is 1230. The summed E-state index contributed by atoms with van der Waals surface area (Å²) in [5.41, 5.74) is 3.01. The number of hydrogen-bond donors (Lipinski definition) is 0. The summed E-state index contributed by atoms with van der Waals surface area (Å²) in [6.07, 6.45) is 0. The molecule has 0 aromatic heterocycles. The summed E-state index contributed by atoms with van der Waals surface area (Å²) >= 11 is 0. The van der Waals surface area contributed by atoms with Gasteiger partial charge >= 0.3 is 0 Å². The first kappa shape index (κ1) is 21.4. The van der Waals surface area contributed by atoms with Gasteiger partial charge < -0.3 is 0 Å². The van der Waals surface area contributed by atoms with E-state index in [1.165, 1.54) is 26.7 Å². The molecule has 32 heavy (non-hydrogen) atoms. The van der Waals surface area contributed by atoms with Crippen molar-refractivity contribution in [2.45, 2.75) is 32.7 Å². The maximum absolute atomic E-state index is 2.63. The van der Waals surface area contributed by atoms with Gasteiger partial charge in [0.15, 0.2) is 0 Å². The lowest BCUT2D eigenvalue weighted by atomic mass is 10.1. The van der Waals surface area contributed by atoms with Crippen molar-refractivity contribution in [2.75, 3.05) is 0 Å². The van der Waals surface area contributed by atoms with Gasteiger partial charge in [0.1, 0.15) is 15.7 Å². The van der Waals surface area contributed by atoms with E-state index in [-0.39, 0.29) is 0 Å². The molecule has 0 bridgehead atoms. The Morgan fingerprint density at radius 2 is 1.00 bits per heavy atom. The predicted octanol–water partition coefficient (Wildman–Crippen LogP) is 4.38. The quantitative estimate of drug-likeness (QED) is 0.311. The first-order chi connectivity index (χ1) is 15.3. The van der Waals surface area contributed by atoms with Gasteiger partial charge in [-0.1, -0.05) is 136 Å². The molecule has 0 amide bonds. The lowest BCUT2D eigenvalue weighted by Gasteiger charge is -2.37. The van der Waals surface area contributed by atoms with Crippen molar-refractivity contribution in [3.8, 4) is 11.1 Å². The Kier molecular flexibility index (Phi) is 5.04. The minimum Gasteiger partial charge on any atom is -0.0709 e. The van der Waals surface area contributed by atoms with Crippen LogP contribution < -0.4 is 25.9 Å². The molecule has 0 spiro atoms. The molecular formula is C29H32Si3. The zero-order chi connectivity index (χ0) is 22.6. The van der Waals surface area contributed by atoms with Crippen molar-refractivity contribution in [3.63, 3.8) is 0 Å². The molecule has 4 aromatic rings. The SMILES string of the molecule is C[Si](c1ccccc1)(c1ccccc1)c1ccc2c(c1)-c1ccccc1[Si]2(C)[Si](C)(C)C. The second kappa shape index (κ2) is 7.55. The van der Waals surface area contributed by atoms with E-state index < -0.39 is 23.3 Å². The highest BCUT2D eigenvalue weighted by atomic mass is 29.3. The zero-order valence-electron chi connectivity index (χ0n) is 19.8. The van der Waals surface area contributed by atoms with Crippen molar-refractivity contribution in [2.24, 2.45) is 0 Å². The lowest BCUT2D eigenvalue weighted by molar-refractivity contribution is 1.67. The Labute approximate surface area is 195 Å². The smallest absolute Gasteiger partial charge is 0.0709 e. The molecule has 0 fully saturated rings. The molecule has 0 saturated carbocycles. The van der Waals surface area contributed by atoms with E-state index >= 15 is 0 Å². The van der Waals surface area contributed by atoms with Gasteiger partial charge in [-0.2, -0.15) is 0 Å². The standard InChI is InChI=1S/C29H32Si3/c1-30(2,3)32(5)28-19-13-12-18-26(28)27-22-25(20-21-29(27)32)31(4,23-14-8-6-9-15-23)24-16-10-7-11-17-24/h6-22H,1-5H3. The molecule has 4 aromatic carbocycles. The second-order valence-corrected chi connectivity index (χ2v) is 29.8. The van der Waals surface area contributed by atoms with Crippen LogP contribution in [-0.4, -0.2) is 23.3 Å². The summed E-state index contributed by atoms with van der Waals surface area (Å²) in [4.78, 5) is 0. The Hall–Kier alpha value is -2.47. The maximum Gasteiger partial charge on any atom is 0.145 e. The van der Waals surface area contributed by atoms with E-state index in [1.54, 1.807) is 10.4 Å². The summed E-state index contributed by atoms with van der Waals surface area (Å²) < 4.78 is 0. The minimum atomic E-state index is -2.11. The fourth-order valence-electron chi connectivity index (χ4n) is 5.66. The molecule has 1 aliphatic rings. The first-order valence-electron chi connectivity index (χ1n) is 11.6. The molecule has 0 nitrogen and oxygen atoms in total. The average molecular weight is 465 g/mol. The highest BCUT2D eigenvalue weighted by molar-refractivity contribution is 7.51. The van der Waals surface area contributed by atoms with Crippen LogP contribution in [0.1, 0.15) is 0 Å². The zero-order valence-corrected chi connectivity index (χ0v) is 22.8. The number of fused-ring (bicyclic) bond motifs is 3. The van der Waals surface area contributed by atoms with E-state index in [0.717, 1.165) is 0 Å². The summed E-state index contributed by atoms with van der Waals surface area (Å²) in [7, 11) is -5.21. The number of hydrogen-bond acceptors (Lipinski definition) is 0. The molecule has 5 rings (SSSR count). The molecule has 0 aliphatic carbocycles. The van der Waals surface area contributed by atoms with Crippen LogP contribution in [0.5, 0.6) is 0 Å². The highest BCUT2D eigenvalue weighted by Crippen LogP contribution is 2.33. The third-order valence-electron chi connectivity index (χ3n) is 8.09. The van der Waals surface area contributed by atoms with Crippen LogP contribution in [0, 0.1) is 0 Å². The van der Waals surface area contributed by atoms with Crippen molar-refractivity contribution in [1.29, 1.82) is 0 Å². The average Bonchev–Trinajstić information content (AvgIpc) is 3.09. The van der Waals surface area contributed by atoms with Gasteiger partial charge in [-0.3, -0.25) is 0 Å². The first-order valence-corrected chi connectivity index (χ1v) is 21.1. The van der Waals surface area contributed by atoms with Gasteiger partial charge in [-0.15, -0.1) is 0 Å². The van der Waals surface area contributed by atoms with E-state index in [9.17, 15) is 0 Å². The summed E-state index contributed by atoms with van der Waals surface area (Å²) in [5.74, 6) is 0. The van der Waals surface area contributed by atoms with E-state index in [4.69, 9.17) is 0 Å².